The number of hydrogen-bond donors (Lipinski definition) is 0. The molecular weight excluding hydrogens is 394 g/mol. The molecule has 7 heteroatoms. The summed E-state index contributed by atoms with van der Waals surface area (Å²) in [6.45, 7) is 3.05. The quantitative estimate of drug-likeness (QED) is 0.416. The van der Waals surface area contributed by atoms with E-state index in [0.717, 1.165) is 31.0 Å². The SMILES string of the molecule is CCc1ccc(-c2cc(F)c(C(F)(F)Oc3cc(F)c(C)c(F)c3)c(F)c2)cc1. The van der Waals surface area contributed by atoms with Gasteiger partial charge in [0, 0.05) is 17.7 Å². The molecule has 3 aromatic carbocycles. The second-order valence-electron chi connectivity index (χ2n) is 6.50. The van der Waals surface area contributed by atoms with Crippen molar-refractivity contribution in [2.24, 2.45) is 0 Å². The van der Waals surface area contributed by atoms with Crippen molar-refractivity contribution < 1.29 is 31.1 Å². The van der Waals surface area contributed by atoms with Crippen LogP contribution in [0.5, 0.6) is 5.75 Å². The smallest absolute Gasteiger partial charge is 0.429 e. The molecule has 0 unspecified atom stereocenters. The molecule has 0 spiro atoms. The molecule has 0 aliphatic carbocycles. The number of alkyl halides is 2. The molecule has 152 valence electrons. The highest BCUT2D eigenvalue weighted by Crippen LogP contribution is 2.37. The molecule has 0 bridgehead atoms. The van der Waals surface area contributed by atoms with E-state index in [1.165, 1.54) is 0 Å². The molecule has 0 aliphatic rings. The van der Waals surface area contributed by atoms with Gasteiger partial charge in [0.1, 0.15) is 34.6 Å². The second-order valence-corrected chi connectivity index (χ2v) is 6.50. The van der Waals surface area contributed by atoms with Crippen LogP contribution in [-0.2, 0) is 12.5 Å². The summed E-state index contributed by atoms with van der Waals surface area (Å²) in [7, 11) is 0. The average Bonchev–Trinajstić information content (AvgIpc) is 2.65. The lowest BCUT2D eigenvalue weighted by Crippen LogP contribution is -2.25. The van der Waals surface area contributed by atoms with Crippen LogP contribution in [0.2, 0.25) is 0 Å². The molecule has 0 aromatic heterocycles. The van der Waals surface area contributed by atoms with Crippen molar-refractivity contribution in [3.8, 4) is 16.9 Å². The maximum atomic E-state index is 14.4. The van der Waals surface area contributed by atoms with Crippen molar-refractivity contribution in [2.45, 2.75) is 26.4 Å². The van der Waals surface area contributed by atoms with Gasteiger partial charge in [-0.3, -0.25) is 0 Å². The van der Waals surface area contributed by atoms with Gasteiger partial charge in [-0.25, -0.2) is 17.6 Å². The monoisotopic (exact) mass is 410 g/mol. The summed E-state index contributed by atoms with van der Waals surface area (Å²) in [6, 6.07) is 9.32. The van der Waals surface area contributed by atoms with Gasteiger partial charge in [-0.2, -0.15) is 8.78 Å². The van der Waals surface area contributed by atoms with E-state index >= 15 is 0 Å². The molecule has 0 N–H and O–H groups in total. The molecular formula is C22H16F6O. The van der Waals surface area contributed by atoms with Gasteiger partial charge >= 0.3 is 6.11 Å². The predicted molar refractivity (Wildman–Crippen MR) is 96.8 cm³/mol. The highest BCUT2D eigenvalue weighted by Gasteiger charge is 2.41. The molecule has 0 radical (unpaired) electrons. The first-order chi connectivity index (χ1) is 13.6. The zero-order chi connectivity index (χ0) is 21.3. The van der Waals surface area contributed by atoms with Crippen LogP contribution in [-0.4, -0.2) is 0 Å². The minimum Gasteiger partial charge on any atom is -0.429 e. The molecule has 0 heterocycles. The van der Waals surface area contributed by atoms with E-state index in [1.54, 1.807) is 24.3 Å². The van der Waals surface area contributed by atoms with Crippen LogP contribution < -0.4 is 4.74 Å². The third kappa shape index (κ3) is 4.23. The third-order valence-corrected chi connectivity index (χ3v) is 4.53. The van der Waals surface area contributed by atoms with E-state index in [2.05, 4.69) is 4.74 Å². The van der Waals surface area contributed by atoms with Gasteiger partial charge in [0.2, 0.25) is 0 Å². The molecule has 1 nitrogen and oxygen atoms in total. The van der Waals surface area contributed by atoms with Crippen molar-refractivity contribution in [3.63, 3.8) is 0 Å². The first kappa shape index (κ1) is 20.8. The van der Waals surface area contributed by atoms with Crippen LogP contribution in [0.3, 0.4) is 0 Å². The molecule has 29 heavy (non-hydrogen) atoms. The molecule has 0 amide bonds. The van der Waals surface area contributed by atoms with E-state index in [0.29, 0.717) is 17.7 Å². The lowest BCUT2D eigenvalue weighted by molar-refractivity contribution is -0.189. The van der Waals surface area contributed by atoms with E-state index in [9.17, 15) is 26.3 Å². The number of ether oxygens (including phenoxy) is 1. The standard InChI is InChI=1S/C22H16F6O/c1-3-13-4-6-14(7-5-13)15-8-19(25)21(20(26)9-15)22(27,28)29-16-10-17(23)12(2)18(24)11-16/h4-11H,3H2,1-2H3. The fraction of sp³-hybridized carbons (Fsp3) is 0.182. The molecule has 3 rings (SSSR count). The van der Waals surface area contributed by atoms with E-state index < -0.39 is 46.3 Å². The van der Waals surface area contributed by atoms with E-state index in [4.69, 9.17) is 0 Å². The largest absolute Gasteiger partial charge is 0.432 e. The highest BCUT2D eigenvalue weighted by atomic mass is 19.3. The lowest BCUT2D eigenvalue weighted by atomic mass is 10.0. The maximum absolute atomic E-state index is 14.4. The first-order valence-corrected chi connectivity index (χ1v) is 8.73. The Hall–Kier alpha value is -2.96. The molecule has 0 fully saturated rings. The number of halogens is 6. The Balaban J connectivity index is 1.97. The van der Waals surface area contributed by atoms with Gasteiger partial charge in [-0.15, -0.1) is 0 Å². The van der Waals surface area contributed by atoms with Crippen molar-refractivity contribution in [3.05, 3.63) is 88.5 Å². The molecule has 3 aromatic rings. The summed E-state index contributed by atoms with van der Waals surface area (Å²) >= 11 is 0. The van der Waals surface area contributed by atoms with Gasteiger partial charge in [0.05, 0.1) is 0 Å². The Labute approximate surface area is 163 Å². The maximum Gasteiger partial charge on any atom is 0.432 e. The van der Waals surface area contributed by atoms with Gasteiger partial charge < -0.3 is 4.74 Å². The molecule has 0 saturated heterocycles. The summed E-state index contributed by atoms with van der Waals surface area (Å²) in [4.78, 5) is 0. The van der Waals surface area contributed by atoms with Crippen LogP contribution in [0.25, 0.3) is 11.1 Å². The zero-order valence-electron chi connectivity index (χ0n) is 15.5. The lowest BCUT2D eigenvalue weighted by Gasteiger charge is -2.20. The summed E-state index contributed by atoms with van der Waals surface area (Å²) < 4.78 is 89.0. The third-order valence-electron chi connectivity index (χ3n) is 4.53. The molecule has 0 aliphatic heterocycles. The van der Waals surface area contributed by atoms with E-state index in [1.807, 2.05) is 6.92 Å². The minimum atomic E-state index is -4.49. The Morgan fingerprint density at radius 1 is 0.759 bits per heavy atom. The summed E-state index contributed by atoms with van der Waals surface area (Å²) in [5.74, 6) is -6.23. The van der Waals surface area contributed by atoms with E-state index in [-0.39, 0.29) is 5.56 Å². The number of rotatable bonds is 5. The number of hydrogen-bond acceptors (Lipinski definition) is 1. The highest BCUT2D eigenvalue weighted by molar-refractivity contribution is 5.64. The van der Waals surface area contributed by atoms with Gasteiger partial charge in [0.15, 0.2) is 0 Å². The molecule has 0 saturated carbocycles. The fourth-order valence-corrected chi connectivity index (χ4v) is 2.83. The average molecular weight is 410 g/mol. The van der Waals surface area contributed by atoms with Crippen LogP contribution in [0.4, 0.5) is 26.3 Å². The van der Waals surface area contributed by atoms with Gasteiger partial charge in [-0.1, -0.05) is 31.2 Å². The Morgan fingerprint density at radius 2 is 1.28 bits per heavy atom. The Kier molecular flexibility index (Phi) is 5.59. The topological polar surface area (TPSA) is 9.23 Å². The predicted octanol–water partition coefficient (Wildman–Crippen LogP) is 6.91. The van der Waals surface area contributed by atoms with Crippen molar-refractivity contribution >= 4 is 0 Å². The van der Waals surface area contributed by atoms with Gasteiger partial charge in [0.25, 0.3) is 0 Å². The van der Waals surface area contributed by atoms with Crippen LogP contribution in [0.15, 0.2) is 48.5 Å². The number of benzene rings is 3. The second kappa shape index (κ2) is 7.81. The summed E-state index contributed by atoms with van der Waals surface area (Å²) in [6.07, 6.45) is -3.72. The summed E-state index contributed by atoms with van der Waals surface area (Å²) in [5.41, 5.74) is -0.527. The minimum absolute atomic E-state index is 0.0645. The van der Waals surface area contributed by atoms with Crippen molar-refractivity contribution in [1.29, 1.82) is 0 Å². The fourth-order valence-electron chi connectivity index (χ4n) is 2.83. The van der Waals surface area contributed by atoms with Crippen LogP contribution >= 0.6 is 0 Å². The first-order valence-electron chi connectivity index (χ1n) is 8.73. The summed E-state index contributed by atoms with van der Waals surface area (Å²) in [5, 5.41) is 0. The van der Waals surface area contributed by atoms with Crippen LogP contribution in [0, 0.1) is 30.2 Å². The Morgan fingerprint density at radius 3 is 1.76 bits per heavy atom. The van der Waals surface area contributed by atoms with Crippen LogP contribution in [0.1, 0.15) is 23.6 Å². The normalized spacial score (nSPS) is 11.6. The molecule has 0 atom stereocenters. The Bertz CT molecular complexity index is 998. The number of aryl methyl sites for hydroxylation is 1. The van der Waals surface area contributed by atoms with Gasteiger partial charge in [-0.05, 0) is 42.2 Å². The van der Waals surface area contributed by atoms with Crippen molar-refractivity contribution in [2.75, 3.05) is 0 Å². The van der Waals surface area contributed by atoms with Crippen molar-refractivity contribution in [1.82, 2.24) is 0 Å². The zero-order valence-corrected chi connectivity index (χ0v) is 15.5.